The van der Waals surface area contributed by atoms with Gasteiger partial charge in [-0.15, -0.1) is 0 Å². The van der Waals surface area contributed by atoms with Crippen LogP contribution < -0.4 is 4.90 Å². The van der Waals surface area contributed by atoms with Crippen LogP contribution in [-0.4, -0.2) is 0 Å². The summed E-state index contributed by atoms with van der Waals surface area (Å²) in [4.78, 5) is 2.35. The van der Waals surface area contributed by atoms with Crippen molar-refractivity contribution in [1.82, 2.24) is 0 Å². The fourth-order valence-electron chi connectivity index (χ4n) is 10.2. The van der Waals surface area contributed by atoms with Gasteiger partial charge in [0.1, 0.15) is 5.58 Å². The number of furan rings is 1. The Labute approximate surface area is 395 Å². The minimum atomic E-state index is 0.844. The molecule has 318 valence electrons. The zero-order valence-electron chi connectivity index (χ0n) is 37.2. The number of hydrogen-bond acceptors (Lipinski definition) is 2. The number of para-hydroxylation sites is 1. The number of anilines is 3. The summed E-state index contributed by atoms with van der Waals surface area (Å²) in [7, 11) is 0. The summed E-state index contributed by atoms with van der Waals surface area (Å²) in [5.74, 6) is 0. The van der Waals surface area contributed by atoms with E-state index in [4.69, 9.17) is 4.42 Å². The van der Waals surface area contributed by atoms with Gasteiger partial charge in [0, 0.05) is 27.7 Å². The van der Waals surface area contributed by atoms with Gasteiger partial charge in [-0.3, -0.25) is 0 Å². The van der Waals surface area contributed by atoms with Crippen molar-refractivity contribution in [2.24, 2.45) is 0 Å². The monoisotopic (exact) mass is 865 g/mol. The molecule has 13 aromatic rings. The molecule has 0 aliphatic rings. The molecular weight excluding hydrogens is 823 g/mol. The van der Waals surface area contributed by atoms with Crippen LogP contribution in [0.3, 0.4) is 0 Å². The van der Waals surface area contributed by atoms with Crippen LogP contribution >= 0.6 is 0 Å². The molecule has 0 saturated carbocycles. The summed E-state index contributed by atoms with van der Waals surface area (Å²) in [6.07, 6.45) is 0. The Bertz CT molecular complexity index is 4000. The Morgan fingerprint density at radius 2 is 0.691 bits per heavy atom. The summed E-state index contributed by atoms with van der Waals surface area (Å²) in [6.45, 7) is 0. The quantitative estimate of drug-likeness (QED) is 0.151. The van der Waals surface area contributed by atoms with E-state index in [9.17, 15) is 0 Å². The Balaban J connectivity index is 0.930. The Hall–Kier alpha value is -8.98. The first-order chi connectivity index (χ1) is 33.7. The third-order valence-corrected chi connectivity index (χ3v) is 13.6. The first kappa shape index (κ1) is 39.4. The highest BCUT2D eigenvalue weighted by atomic mass is 16.3. The Morgan fingerprint density at radius 1 is 0.250 bits per heavy atom. The van der Waals surface area contributed by atoms with Crippen molar-refractivity contribution in [2.45, 2.75) is 0 Å². The molecule has 0 saturated heterocycles. The predicted octanol–water partition coefficient (Wildman–Crippen LogP) is 18.9. The normalized spacial score (nSPS) is 11.5. The van der Waals surface area contributed by atoms with Gasteiger partial charge in [-0.25, -0.2) is 0 Å². The average Bonchev–Trinajstić information content (AvgIpc) is 3.82. The van der Waals surface area contributed by atoms with Gasteiger partial charge in [0.25, 0.3) is 0 Å². The molecule has 0 aliphatic heterocycles. The second-order valence-corrected chi connectivity index (χ2v) is 17.7. The molecule has 1 aromatic heterocycles. The highest BCUT2D eigenvalue weighted by Gasteiger charge is 2.23. The summed E-state index contributed by atoms with van der Waals surface area (Å²) in [6, 6.07) is 94.2. The summed E-state index contributed by atoms with van der Waals surface area (Å²) >= 11 is 0. The lowest BCUT2D eigenvalue weighted by Crippen LogP contribution is -2.10. The molecular formula is C66H43NO. The van der Waals surface area contributed by atoms with E-state index in [1.165, 1.54) is 65.7 Å². The predicted molar refractivity (Wildman–Crippen MR) is 288 cm³/mol. The van der Waals surface area contributed by atoms with Gasteiger partial charge in [0.05, 0.1) is 5.69 Å². The molecule has 0 N–H and O–H groups in total. The highest BCUT2D eigenvalue weighted by molar-refractivity contribution is 6.24. The van der Waals surface area contributed by atoms with E-state index < -0.39 is 0 Å². The molecule has 2 nitrogen and oxygen atoms in total. The lowest BCUT2D eigenvalue weighted by atomic mass is 9.94. The van der Waals surface area contributed by atoms with Crippen molar-refractivity contribution in [2.75, 3.05) is 4.90 Å². The maximum atomic E-state index is 7.21. The first-order valence-corrected chi connectivity index (χ1v) is 23.3. The number of benzene rings is 12. The van der Waals surface area contributed by atoms with E-state index in [0.29, 0.717) is 0 Å². The smallest absolute Gasteiger partial charge is 0.159 e. The summed E-state index contributed by atoms with van der Waals surface area (Å²) in [5.41, 5.74) is 16.5. The van der Waals surface area contributed by atoms with Crippen LogP contribution in [0.25, 0.3) is 110 Å². The topological polar surface area (TPSA) is 16.4 Å². The van der Waals surface area contributed by atoms with E-state index in [1.54, 1.807) is 0 Å². The zero-order chi connectivity index (χ0) is 45.0. The lowest BCUT2D eigenvalue weighted by molar-refractivity contribution is 0.670. The minimum Gasteiger partial charge on any atom is -0.453 e. The first-order valence-electron chi connectivity index (χ1n) is 23.3. The molecule has 0 fully saturated rings. The molecule has 2 heteroatoms. The van der Waals surface area contributed by atoms with E-state index in [2.05, 4.69) is 266 Å². The summed E-state index contributed by atoms with van der Waals surface area (Å²) in [5, 5.41) is 9.52. The molecule has 0 radical (unpaired) electrons. The van der Waals surface area contributed by atoms with Crippen molar-refractivity contribution in [1.29, 1.82) is 0 Å². The molecule has 0 atom stereocenters. The largest absolute Gasteiger partial charge is 0.453 e. The van der Waals surface area contributed by atoms with E-state index >= 15 is 0 Å². The lowest BCUT2D eigenvalue weighted by Gasteiger charge is -2.26. The van der Waals surface area contributed by atoms with Gasteiger partial charge < -0.3 is 9.32 Å². The van der Waals surface area contributed by atoms with Gasteiger partial charge in [0.2, 0.25) is 0 Å². The Morgan fingerprint density at radius 3 is 1.32 bits per heavy atom. The van der Waals surface area contributed by atoms with Crippen LogP contribution in [0, 0.1) is 0 Å². The second kappa shape index (κ2) is 16.5. The number of rotatable bonds is 8. The average molecular weight is 866 g/mol. The molecule has 12 aromatic carbocycles. The van der Waals surface area contributed by atoms with Crippen molar-refractivity contribution < 1.29 is 4.42 Å². The fourth-order valence-corrected chi connectivity index (χ4v) is 10.2. The van der Waals surface area contributed by atoms with E-state index in [-0.39, 0.29) is 0 Å². The Kier molecular flexibility index (Phi) is 9.54. The minimum absolute atomic E-state index is 0.844. The number of hydrogen-bond donors (Lipinski definition) is 0. The van der Waals surface area contributed by atoms with Gasteiger partial charge in [-0.05, 0) is 137 Å². The van der Waals surface area contributed by atoms with Gasteiger partial charge in [-0.2, -0.15) is 0 Å². The molecule has 0 spiro atoms. The van der Waals surface area contributed by atoms with Crippen LogP contribution in [0.1, 0.15) is 0 Å². The highest BCUT2D eigenvalue weighted by Crippen LogP contribution is 2.47. The van der Waals surface area contributed by atoms with Crippen molar-refractivity contribution >= 4 is 71.3 Å². The van der Waals surface area contributed by atoms with Crippen LogP contribution in [-0.2, 0) is 0 Å². The van der Waals surface area contributed by atoms with Crippen LogP contribution in [0.5, 0.6) is 0 Å². The number of fused-ring (bicyclic) bond motifs is 7. The third kappa shape index (κ3) is 6.90. The second-order valence-electron chi connectivity index (χ2n) is 17.7. The molecule has 0 amide bonds. The van der Waals surface area contributed by atoms with Crippen molar-refractivity contribution in [3.8, 4) is 55.6 Å². The van der Waals surface area contributed by atoms with Crippen LogP contribution in [0.2, 0.25) is 0 Å². The van der Waals surface area contributed by atoms with Crippen molar-refractivity contribution in [3.63, 3.8) is 0 Å². The number of nitrogens with zero attached hydrogens (tertiary/aromatic N) is 1. The van der Waals surface area contributed by atoms with Gasteiger partial charge >= 0.3 is 0 Å². The van der Waals surface area contributed by atoms with Crippen LogP contribution in [0.15, 0.2) is 265 Å². The van der Waals surface area contributed by atoms with Crippen molar-refractivity contribution in [3.05, 3.63) is 261 Å². The SMILES string of the molecule is c1ccc(-c2ccccc2-c2ccc(N(c3ccc(-c4ccc5cc(-c6ccc7ccccc7c6)ccc5c4)cc3)c3cccc4c3oc3c(-c5ccccc5)cc5ccccc5c34)cc2)cc1. The molecule has 0 aliphatic carbocycles. The molecule has 68 heavy (non-hydrogen) atoms. The fraction of sp³-hybridized carbons (Fsp3) is 0. The standard InChI is InChI=1S/C66H43NO/c1-3-15-46(16-4-1)58-21-11-12-22-59(58)48-34-38-57(39-35-48)67(63-25-13-24-61-64-60-23-10-9-20-55(60)43-62(66(64)68-65(61)63)47-17-5-2-6-18-47)56-36-32-45(33-37-56)50-28-29-53-42-54(31-30-52(53)41-50)51-27-26-44-14-7-8-19-49(44)40-51/h1-43H. The maximum Gasteiger partial charge on any atom is 0.159 e. The van der Waals surface area contributed by atoms with Crippen LogP contribution in [0.4, 0.5) is 17.1 Å². The molecule has 0 bridgehead atoms. The molecule has 1 heterocycles. The van der Waals surface area contributed by atoms with E-state index in [1.807, 2.05) is 0 Å². The van der Waals surface area contributed by atoms with E-state index in [0.717, 1.165) is 61.3 Å². The zero-order valence-corrected chi connectivity index (χ0v) is 37.2. The van der Waals surface area contributed by atoms with Gasteiger partial charge in [-0.1, -0.05) is 206 Å². The maximum absolute atomic E-state index is 7.21. The molecule has 0 unspecified atom stereocenters. The molecule has 13 rings (SSSR count). The third-order valence-electron chi connectivity index (χ3n) is 13.6. The summed E-state index contributed by atoms with van der Waals surface area (Å²) < 4.78 is 7.21. The van der Waals surface area contributed by atoms with Gasteiger partial charge in [0.15, 0.2) is 5.58 Å².